The number of benzene rings is 1. The Balaban J connectivity index is 0.000000410. The second-order valence-corrected chi connectivity index (χ2v) is 7.20. The third-order valence-corrected chi connectivity index (χ3v) is 6.42. The number of aryl methyl sites for hydroxylation is 1. The maximum absolute atomic E-state index is 2.58. The van der Waals surface area contributed by atoms with Gasteiger partial charge in [-0.25, -0.2) is 0 Å². The molecular formula is C22H36. The van der Waals surface area contributed by atoms with Crippen LogP contribution in [0.4, 0.5) is 0 Å². The van der Waals surface area contributed by atoms with Crippen molar-refractivity contribution in [3.05, 3.63) is 35.4 Å². The van der Waals surface area contributed by atoms with Crippen molar-refractivity contribution in [3.8, 4) is 0 Å². The van der Waals surface area contributed by atoms with E-state index in [9.17, 15) is 0 Å². The van der Waals surface area contributed by atoms with E-state index >= 15 is 0 Å². The maximum Gasteiger partial charge on any atom is -0.0128 e. The minimum absolute atomic E-state index is 0.702. The van der Waals surface area contributed by atoms with Crippen LogP contribution in [0.1, 0.15) is 90.2 Å². The maximum atomic E-state index is 2.58. The number of rotatable bonds is 0. The normalized spacial score (nSPS) is 34.9. The molecule has 0 N–H and O–H groups in total. The third kappa shape index (κ3) is 2.99. The van der Waals surface area contributed by atoms with Gasteiger partial charge in [-0.15, -0.1) is 0 Å². The Bertz CT molecular complexity index is 461. The highest BCUT2D eigenvalue weighted by Gasteiger charge is 2.49. The molecule has 2 fully saturated rings. The van der Waals surface area contributed by atoms with E-state index in [0.29, 0.717) is 5.41 Å². The smallest absolute Gasteiger partial charge is 0.0128 e. The molecule has 0 aliphatic heterocycles. The average Bonchev–Trinajstić information content (AvgIpc) is 3.00. The molecule has 0 radical (unpaired) electrons. The highest BCUT2D eigenvalue weighted by Crippen LogP contribution is 2.60. The lowest BCUT2D eigenvalue weighted by molar-refractivity contribution is 0.0598. The molecule has 0 bridgehead atoms. The quantitative estimate of drug-likeness (QED) is 0.484. The van der Waals surface area contributed by atoms with Crippen molar-refractivity contribution >= 4 is 0 Å². The molecular weight excluding hydrogens is 264 g/mol. The van der Waals surface area contributed by atoms with E-state index in [1.165, 1.54) is 44.9 Å². The van der Waals surface area contributed by atoms with Crippen molar-refractivity contribution in [2.75, 3.05) is 0 Å². The number of hydrogen-bond acceptors (Lipinski definition) is 0. The van der Waals surface area contributed by atoms with Crippen LogP contribution >= 0.6 is 0 Å². The largest absolute Gasteiger partial charge is 0.0683 e. The van der Waals surface area contributed by atoms with Gasteiger partial charge in [-0.05, 0) is 72.8 Å². The van der Waals surface area contributed by atoms with Gasteiger partial charge in [0.05, 0.1) is 0 Å². The molecule has 3 aliphatic carbocycles. The van der Waals surface area contributed by atoms with Crippen LogP contribution in [0.25, 0.3) is 0 Å². The van der Waals surface area contributed by atoms with Crippen LogP contribution in [0, 0.1) is 17.3 Å². The standard InChI is InChI=1S/C18H24.2C2H6/c1-18-11-4-7-17(18)16-9-8-13-5-2-3-6-14(13)15(16)10-12-18;2*1-2/h2-3,5-6,15-17H,4,7-12H2,1H3;2*1-2H3. The Morgan fingerprint density at radius 2 is 1.64 bits per heavy atom. The molecule has 0 amide bonds. The topological polar surface area (TPSA) is 0 Å². The molecule has 22 heavy (non-hydrogen) atoms. The highest BCUT2D eigenvalue weighted by atomic mass is 14.5. The number of hydrogen-bond donors (Lipinski definition) is 0. The highest BCUT2D eigenvalue weighted by molar-refractivity contribution is 5.34. The van der Waals surface area contributed by atoms with Crippen LogP contribution in [-0.2, 0) is 6.42 Å². The molecule has 0 aromatic heterocycles. The van der Waals surface area contributed by atoms with Gasteiger partial charge in [0, 0.05) is 0 Å². The van der Waals surface area contributed by atoms with Crippen LogP contribution in [-0.4, -0.2) is 0 Å². The molecule has 4 rings (SSSR count). The molecule has 1 aromatic carbocycles. The van der Waals surface area contributed by atoms with Gasteiger partial charge >= 0.3 is 0 Å². The lowest BCUT2D eigenvalue weighted by Crippen LogP contribution is -2.39. The molecule has 1 aromatic rings. The van der Waals surface area contributed by atoms with Crippen molar-refractivity contribution < 1.29 is 0 Å². The fourth-order valence-corrected chi connectivity index (χ4v) is 5.51. The lowest BCUT2D eigenvalue weighted by Gasteiger charge is -2.49. The first-order chi connectivity index (χ1) is 10.8. The summed E-state index contributed by atoms with van der Waals surface area (Å²) in [6.45, 7) is 10.6. The van der Waals surface area contributed by atoms with Gasteiger partial charge in [0.15, 0.2) is 0 Å². The van der Waals surface area contributed by atoms with Crippen molar-refractivity contribution in [2.45, 2.75) is 85.5 Å². The predicted molar refractivity (Wildman–Crippen MR) is 98.4 cm³/mol. The third-order valence-electron chi connectivity index (χ3n) is 6.42. The second kappa shape index (κ2) is 7.66. The van der Waals surface area contributed by atoms with E-state index in [-0.39, 0.29) is 0 Å². The Hall–Kier alpha value is -0.780. The molecule has 0 spiro atoms. The summed E-state index contributed by atoms with van der Waals surface area (Å²) in [5.41, 5.74) is 4.07. The van der Waals surface area contributed by atoms with E-state index in [2.05, 4.69) is 31.2 Å². The fourth-order valence-electron chi connectivity index (χ4n) is 5.51. The monoisotopic (exact) mass is 300 g/mol. The summed E-state index contributed by atoms with van der Waals surface area (Å²) in [6.07, 6.45) is 10.2. The van der Waals surface area contributed by atoms with Gasteiger partial charge in [-0.3, -0.25) is 0 Å². The zero-order valence-electron chi connectivity index (χ0n) is 15.5. The summed E-state index contributed by atoms with van der Waals surface area (Å²) in [6, 6.07) is 9.27. The van der Waals surface area contributed by atoms with Gasteiger partial charge in [0.1, 0.15) is 0 Å². The van der Waals surface area contributed by atoms with Crippen LogP contribution < -0.4 is 0 Å². The van der Waals surface area contributed by atoms with E-state index < -0.39 is 0 Å². The van der Waals surface area contributed by atoms with E-state index in [1.807, 2.05) is 27.7 Å². The summed E-state index contributed by atoms with van der Waals surface area (Å²) >= 11 is 0. The summed E-state index contributed by atoms with van der Waals surface area (Å²) < 4.78 is 0. The van der Waals surface area contributed by atoms with E-state index in [1.54, 1.807) is 11.1 Å². The molecule has 2 saturated carbocycles. The Morgan fingerprint density at radius 1 is 0.909 bits per heavy atom. The predicted octanol–water partition coefficient (Wildman–Crippen LogP) is 6.99. The van der Waals surface area contributed by atoms with Crippen molar-refractivity contribution in [1.82, 2.24) is 0 Å². The second-order valence-electron chi connectivity index (χ2n) is 7.20. The molecule has 124 valence electrons. The molecule has 3 aliphatic rings. The first kappa shape index (κ1) is 17.6. The SMILES string of the molecule is CC.CC.CC12CCCC1C1CCc3ccccc3C1CC2. The average molecular weight is 301 g/mol. The van der Waals surface area contributed by atoms with Crippen LogP contribution in [0.15, 0.2) is 24.3 Å². The first-order valence-corrected chi connectivity index (χ1v) is 9.86. The van der Waals surface area contributed by atoms with Gasteiger partial charge in [-0.1, -0.05) is 65.3 Å². The number of fused-ring (bicyclic) bond motifs is 5. The summed E-state index contributed by atoms with van der Waals surface area (Å²) in [7, 11) is 0. The van der Waals surface area contributed by atoms with Crippen LogP contribution in [0.3, 0.4) is 0 Å². The molecule has 0 heterocycles. The van der Waals surface area contributed by atoms with E-state index in [0.717, 1.165) is 17.8 Å². The zero-order chi connectivity index (χ0) is 16.2. The van der Waals surface area contributed by atoms with Gasteiger partial charge in [-0.2, -0.15) is 0 Å². The fraction of sp³-hybridized carbons (Fsp3) is 0.727. The minimum atomic E-state index is 0.702. The molecule has 0 saturated heterocycles. The van der Waals surface area contributed by atoms with Crippen LogP contribution in [0.5, 0.6) is 0 Å². The van der Waals surface area contributed by atoms with E-state index in [4.69, 9.17) is 0 Å². The summed E-state index contributed by atoms with van der Waals surface area (Å²) in [5, 5.41) is 0. The molecule has 4 atom stereocenters. The van der Waals surface area contributed by atoms with Gasteiger partial charge in [0.2, 0.25) is 0 Å². The molecule has 4 unspecified atom stereocenters. The minimum Gasteiger partial charge on any atom is -0.0683 e. The van der Waals surface area contributed by atoms with Gasteiger partial charge in [0.25, 0.3) is 0 Å². The summed E-state index contributed by atoms with van der Waals surface area (Å²) in [5.74, 6) is 2.93. The van der Waals surface area contributed by atoms with Crippen molar-refractivity contribution in [3.63, 3.8) is 0 Å². The Kier molecular flexibility index (Phi) is 6.12. The van der Waals surface area contributed by atoms with Crippen molar-refractivity contribution in [2.24, 2.45) is 17.3 Å². The molecule has 0 heteroatoms. The van der Waals surface area contributed by atoms with Gasteiger partial charge < -0.3 is 0 Å². The van der Waals surface area contributed by atoms with Crippen molar-refractivity contribution in [1.29, 1.82) is 0 Å². The first-order valence-electron chi connectivity index (χ1n) is 9.86. The van der Waals surface area contributed by atoms with Crippen LogP contribution in [0.2, 0.25) is 0 Å². The Morgan fingerprint density at radius 3 is 2.41 bits per heavy atom. The molecule has 0 nitrogen and oxygen atoms in total. The lowest BCUT2D eigenvalue weighted by atomic mass is 9.56. The Labute approximate surface area is 138 Å². The summed E-state index contributed by atoms with van der Waals surface area (Å²) in [4.78, 5) is 0. The zero-order valence-corrected chi connectivity index (χ0v) is 15.5.